The Bertz CT molecular complexity index is 487. The lowest BCUT2D eigenvalue weighted by Crippen LogP contribution is -2.37. The van der Waals surface area contributed by atoms with E-state index in [9.17, 15) is 8.42 Å². The van der Waals surface area contributed by atoms with E-state index in [0.29, 0.717) is 5.92 Å². The summed E-state index contributed by atoms with van der Waals surface area (Å²) in [5, 5.41) is 0.00162. The quantitative estimate of drug-likeness (QED) is 0.820. The molecule has 1 aromatic rings. The molecule has 1 rings (SSSR count). The zero-order valence-electron chi connectivity index (χ0n) is 10.9. The molecule has 0 saturated carbocycles. The van der Waals surface area contributed by atoms with Crippen LogP contribution in [0.15, 0.2) is 23.2 Å². The van der Waals surface area contributed by atoms with Gasteiger partial charge in [0.25, 0.3) is 0 Å². The molecule has 0 aliphatic carbocycles. The van der Waals surface area contributed by atoms with Gasteiger partial charge in [0.15, 0.2) is 0 Å². The SMILES string of the molecule is CCC(CC)C(C)NS(=O)(=O)c1cccnc1Cl. The fraction of sp³-hybridized carbons (Fsp3) is 0.583. The van der Waals surface area contributed by atoms with Gasteiger partial charge in [-0.3, -0.25) is 0 Å². The number of hydrogen-bond acceptors (Lipinski definition) is 3. The van der Waals surface area contributed by atoms with Gasteiger partial charge in [-0.25, -0.2) is 18.1 Å². The Balaban J connectivity index is 2.93. The molecule has 1 aromatic heterocycles. The maximum Gasteiger partial charge on any atom is 0.243 e. The van der Waals surface area contributed by atoms with Gasteiger partial charge < -0.3 is 0 Å². The van der Waals surface area contributed by atoms with Crippen molar-refractivity contribution in [1.82, 2.24) is 9.71 Å². The highest BCUT2D eigenvalue weighted by Crippen LogP contribution is 2.20. The Morgan fingerprint density at radius 1 is 1.39 bits per heavy atom. The van der Waals surface area contributed by atoms with Gasteiger partial charge in [-0.1, -0.05) is 38.3 Å². The summed E-state index contributed by atoms with van der Waals surface area (Å²) in [7, 11) is -3.60. The van der Waals surface area contributed by atoms with E-state index in [1.165, 1.54) is 12.3 Å². The standard InChI is InChI=1S/C12H19ClN2O2S/c1-4-10(5-2)9(3)15-18(16,17)11-7-6-8-14-12(11)13/h6-10,15H,4-5H2,1-3H3. The smallest absolute Gasteiger partial charge is 0.243 e. The summed E-state index contributed by atoms with van der Waals surface area (Å²) in [6.07, 6.45) is 3.33. The number of nitrogens with zero attached hydrogens (tertiary/aromatic N) is 1. The van der Waals surface area contributed by atoms with Crippen LogP contribution in [0, 0.1) is 5.92 Å². The van der Waals surface area contributed by atoms with Gasteiger partial charge in [0.2, 0.25) is 10.0 Å². The maximum absolute atomic E-state index is 12.2. The van der Waals surface area contributed by atoms with Gasteiger partial charge in [-0.05, 0) is 25.0 Å². The van der Waals surface area contributed by atoms with Crippen LogP contribution in [0.25, 0.3) is 0 Å². The first-order chi connectivity index (χ1) is 8.42. The summed E-state index contributed by atoms with van der Waals surface area (Å²) in [5.74, 6) is 0.315. The molecular weight excluding hydrogens is 272 g/mol. The number of rotatable bonds is 6. The first-order valence-electron chi connectivity index (χ1n) is 6.05. The number of halogens is 1. The topological polar surface area (TPSA) is 59.1 Å². The number of hydrogen-bond donors (Lipinski definition) is 1. The first-order valence-corrected chi connectivity index (χ1v) is 7.91. The average molecular weight is 291 g/mol. The number of pyridine rings is 1. The summed E-state index contributed by atoms with van der Waals surface area (Å²) >= 11 is 5.81. The lowest BCUT2D eigenvalue weighted by Gasteiger charge is -2.22. The largest absolute Gasteiger partial charge is 0.243 e. The molecule has 0 radical (unpaired) electrons. The molecule has 1 atom stereocenters. The first kappa shape index (κ1) is 15.4. The van der Waals surface area contributed by atoms with E-state index in [0.717, 1.165) is 12.8 Å². The molecule has 4 nitrogen and oxygen atoms in total. The highest BCUT2D eigenvalue weighted by Gasteiger charge is 2.23. The van der Waals surface area contributed by atoms with Crippen LogP contribution in [0.2, 0.25) is 5.15 Å². The normalized spacial score (nSPS) is 13.8. The zero-order chi connectivity index (χ0) is 13.8. The van der Waals surface area contributed by atoms with Gasteiger partial charge >= 0.3 is 0 Å². The third kappa shape index (κ3) is 3.67. The third-order valence-corrected chi connectivity index (χ3v) is 5.12. The molecule has 1 N–H and O–H groups in total. The monoisotopic (exact) mass is 290 g/mol. The fourth-order valence-corrected chi connectivity index (χ4v) is 3.74. The predicted octanol–water partition coefficient (Wildman–Crippen LogP) is 2.84. The van der Waals surface area contributed by atoms with Crippen molar-refractivity contribution < 1.29 is 8.42 Å². The van der Waals surface area contributed by atoms with Crippen LogP contribution in [-0.4, -0.2) is 19.4 Å². The number of nitrogens with one attached hydrogen (secondary N) is 1. The highest BCUT2D eigenvalue weighted by atomic mass is 35.5. The van der Waals surface area contributed by atoms with E-state index in [1.807, 2.05) is 6.92 Å². The van der Waals surface area contributed by atoms with Crippen LogP contribution in [0.4, 0.5) is 0 Å². The molecule has 6 heteroatoms. The van der Waals surface area contributed by atoms with Crippen LogP contribution in [0.3, 0.4) is 0 Å². The van der Waals surface area contributed by atoms with Crippen molar-refractivity contribution in [3.63, 3.8) is 0 Å². The molecule has 102 valence electrons. The van der Waals surface area contributed by atoms with Crippen molar-refractivity contribution in [2.24, 2.45) is 5.92 Å². The molecule has 0 aliphatic rings. The summed E-state index contributed by atoms with van der Waals surface area (Å²) < 4.78 is 27.0. The van der Waals surface area contributed by atoms with Crippen LogP contribution in [-0.2, 0) is 10.0 Å². The van der Waals surface area contributed by atoms with Crippen molar-refractivity contribution in [2.75, 3.05) is 0 Å². The van der Waals surface area contributed by atoms with Crippen molar-refractivity contribution in [3.05, 3.63) is 23.5 Å². The molecule has 0 aliphatic heterocycles. The maximum atomic E-state index is 12.2. The van der Waals surface area contributed by atoms with Crippen molar-refractivity contribution in [2.45, 2.75) is 44.6 Å². The van der Waals surface area contributed by atoms with Crippen LogP contribution in [0.1, 0.15) is 33.6 Å². The van der Waals surface area contributed by atoms with Gasteiger partial charge in [-0.2, -0.15) is 0 Å². The van der Waals surface area contributed by atoms with Crippen molar-refractivity contribution >= 4 is 21.6 Å². The second-order valence-electron chi connectivity index (χ2n) is 4.28. The molecule has 0 bridgehead atoms. The Labute approximate surface area is 114 Å². The Morgan fingerprint density at radius 2 is 2.00 bits per heavy atom. The summed E-state index contributed by atoms with van der Waals surface area (Å²) in [5.41, 5.74) is 0. The minimum atomic E-state index is -3.60. The van der Waals surface area contributed by atoms with Crippen LogP contribution in [0.5, 0.6) is 0 Å². The predicted molar refractivity (Wildman–Crippen MR) is 73.1 cm³/mol. The second-order valence-corrected chi connectivity index (χ2v) is 6.32. The molecule has 1 heterocycles. The van der Waals surface area contributed by atoms with Gasteiger partial charge in [-0.15, -0.1) is 0 Å². The molecule has 0 aromatic carbocycles. The van der Waals surface area contributed by atoms with Crippen LogP contribution < -0.4 is 4.72 Å². The van der Waals surface area contributed by atoms with E-state index in [-0.39, 0.29) is 16.1 Å². The van der Waals surface area contributed by atoms with Crippen molar-refractivity contribution in [1.29, 1.82) is 0 Å². The van der Waals surface area contributed by atoms with E-state index in [2.05, 4.69) is 23.6 Å². The lowest BCUT2D eigenvalue weighted by molar-refractivity contribution is 0.390. The second kappa shape index (κ2) is 6.50. The minimum Gasteiger partial charge on any atom is -0.243 e. The molecular formula is C12H19ClN2O2S. The number of aromatic nitrogens is 1. The third-order valence-electron chi connectivity index (χ3n) is 3.11. The number of sulfonamides is 1. The fourth-order valence-electron chi connectivity index (χ4n) is 1.97. The van der Waals surface area contributed by atoms with E-state index >= 15 is 0 Å². The minimum absolute atomic E-state index is 0.00162. The Morgan fingerprint density at radius 3 is 2.50 bits per heavy atom. The molecule has 18 heavy (non-hydrogen) atoms. The lowest BCUT2D eigenvalue weighted by atomic mass is 9.96. The van der Waals surface area contributed by atoms with Gasteiger partial charge in [0.1, 0.15) is 10.0 Å². The van der Waals surface area contributed by atoms with E-state index in [1.54, 1.807) is 6.07 Å². The average Bonchev–Trinajstić information content (AvgIpc) is 2.30. The molecule has 1 unspecified atom stereocenters. The van der Waals surface area contributed by atoms with Crippen LogP contribution >= 0.6 is 11.6 Å². The summed E-state index contributed by atoms with van der Waals surface area (Å²) in [6, 6.07) is 2.89. The van der Waals surface area contributed by atoms with Crippen molar-refractivity contribution in [3.8, 4) is 0 Å². The molecule has 0 spiro atoms. The Kier molecular flexibility index (Phi) is 5.56. The van der Waals surface area contributed by atoms with Gasteiger partial charge in [0, 0.05) is 12.2 Å². The Hall–Kier alpha value is -0.650. The molecule has 0 fully saturated rings. The summed E-state index contributed by atoms with van der Waals surface area (Å²) in [6.45, 7) is 5.98. The van der Waals surface area contributed by atoms with E-state index in [4.69, 9.17) is 11.6 Å². The summed E-state index contributed by atoms with van der Waals surface area (Å²) in [4.78, 5) is 3.82. The molecule has 0 saturated heterocycles. The highest BCUT2D eigenvalue weighted by molar-refractivity contribution is 7.89. The van der Waals surface area contributed by atoms with Gasteiger partial charge in [0.05, 0.1) is 0 Å². The van der Waals surface area contributed by atoms with E-state index < -0.39 is 10.0 Å². The molecule has 0 amide bonds. The zero-order valence-corrected chi connectivity index (χ0v) is 12.4.